The van der Waals surface area contributed by atoms with Crippen LogP contribution >= 0.6 is 11.3 Å². The fraction of sp³-hybridized carbons (Fsp3) is 0.444. The molecule has 1 fully saturated rings. The summed E-state index contributed by atoms with van der Waals surface area (Å²) in [5.41, 5.74) is 2.87. The van der Waals surface area contributed by atoms with Crippen LogP contribution in [0, 0.1) is 6.92 Å². The zero-order valence-electron chi connectivity index (χ0n) is 12.3. The second-order valence-electron chi connectivity index (χ2n) is 6.13. The molecule has 1 aliphatic rings. The van der Waals surface area contributed by atoms with E-state index in [1.54, 1.807) is 0 Å². The maximum Gasteiger partial charge on any atom is 0.00896 e. The average Bonchev–Trinajstić information content (AvgIpc) is 2.87. The molecular weight excluding hydrogens is 262 g/mol. The van der Waals surface area contributed by atoms with Crippen molar-refractivity contribution in [2.75, 3.05) is 0 Å². The SMILES string of the molecule is Cc1ccc(C2CC(NC(C)Cc3cccs3)C2)cc1. The van der Waals surface area contributed by atoms with Gasteiger partial charge in [-0.2, -0.15) is 0 Å². The van der Waals surface area contributed by atoms with Crippen LogP contribution in [0.5, 0.6) is 0 Å². The van der Waals surface area contributed by atoms with Crippen molar-refractivity contribution in [1.82, 2.24) is 5.32 Å². The van der Waals surface area contributed by atoms with Crippen LogP contribution in [0.3, 0.4) is 0 Å². The lowest BCUT2D eigenvalue weighted by molar-refractivity contribution is 0.269. The molecule has 0 aliphatic heterocycles. The summed E-state index contributed by atoms with van der Waals surface area (Å²) in [6, 6.07) is 14.7. The topological polar surface area (TPSA) is 12.0 Å². The first-order chi connectivity index (χ1) is 9.70. The highest BCUT2D eigenvalue weighted by molar-refractivity contribution is 7.09. The van der Waals surface area contributed by atoms with E-state index in [0.29, 0.717) is 12.1 Å². The Bertz CT molecular complexity index is 523. The smallest absolute Gasteiger partial charge is 0.00896 e. The Morgan fingerprint density at radius 3 is 2.60 bits per heavy atom. The van der Waals surface area contributed by atoms with Gasteiger partial charge in [0.2, 0.25) is 0 Å². The average molecular weight is 285 g/mol. The molecule has 2 aromatic rings. The van der Waals surface area contributed by atoms with Gasteiger partial charge in [-0.05, 0) is 56.0 Å². The van der Waals surface area contributed by atoms with Gasteiger partial charge in [0.15, 0.2) is 0 Å². The van der Waals surface area contributed by atoms with Crippen molar-refractivity contribution < 1.29 is 0 Å². The molecule has 1 unspecified atom stereocenters. The first-order valence-electron chi connectivity index (χ1n) is 7.55. The molecule has 0 radical (unpaired) electrons. The molecule has 1 aliphatic carbocycles. The minimum atomic E-state index is 0.581. The predicted molar refractivity (Wildman–Crippen MR) is 87.6 cm³/mol. The van der Waals surface area contributed by atoms with Crippen molar-refractivity contribution in [3.8, 4) is 0 Å². The minimum Gasteiger partial charge on any atom is -0.311 e. The number of nitrogens with one attached hydrogen (secondary N) is 1. The summed E-state index contributed by atoms with van der Waals surface area (Å²) in [7, 11) is 0. The maximum atomic E-state index is 3.77. The molecule has 0 bridgehead atoms. The fourth-order valence-electron chi connectivity index (χ4n) is 3.06. The molecule has 1 heterocycles. The zero-order chi connectivity index (χ0) is 13.9. The standard InChI is InChI=1S/C18H23NS/c1-13-5-7-15(8-6-13)16-11-17(12-16)19-14(2)10-18-4-3-9-20-18/h3-9,14,16-17,19H,10-12H2,1-2H3. The number of thiophene rings is 1. The largest absolute Gasteiger partial charge is 0.311 e. The Labute approximate surface area is 126 Å². The second-order valence-corrected chi connectivity index (χ2v) is 7.16. The van der Waals surface area contributed by atoms with Gasteiger partial charge in [-0.15, -0.1) is 11.3 Å². The summed E-state index contributed by atoms with van der Waals surface area (Å²) >= 11 is 1.86. The molecule has 1 atom stereocenters. The van der Waals surface area contributed by atoms with Crippen LogP contribution in [0.1, 0.15) is 41.7 Å². The van der Waals surface area contributed by atoms with E-state index in [2.05, 4.69) is 60.9 Å². The summed E-state index contributed by atoms with van der Waals surface area (Å²) in [6.45, 7) is 4.46. The molecule has 3 rings (SSSR count). The fourth-order valence-corrected chi connectivity index (χ4v) is 3.89. The molecular formula is C18H23NS. The lowest BCUT2D eigenvalue weighted by atomic mass is 9.75. The van der Waals surface area contributed by atoms with Gasteiger partial charge in [0.25, 0.3) is 0 Å². The molecule has 106 valence electrons. The van der Waals surface area contributed by atoms with Gasteiger partial charge in [-0.3, -0.25) is 0 Å². The van der Waals surface area contributed by atoms with Gasteiger partial charge < -0.3 is 5.32 Å². The Balaban J connectivity index is 1.45. The normalized spacial score (nSPS) is 23.3. The summed E-state index contributed by atoms with van der Waals surface area (Å²) in [5.74, 6) is 0.766. The van der Waals surface area contributed by atoms with E-state index in [-0.39, 0.29) is 0 Å². The maximum absolute atomic E-state index is 3.77. The van der Waals surface area contributed by atoms with E-state index >= 15 is 0 Å². The Morgan fingerprint density at radius 2 is 1.95 bits per heavy atom. The molecule has 0 saturated heterocycles. The first kappa shape index (κ1) is 13.8. The van der Waals surface area contributed by atoms with E-state index in [9.17, 15) is 0 Å². The molecule has 2 heteroatoms. The van der Waals surface area contributed by atoms with Crippen molar-refractivity contribution in [1.29, 1.82) is 0 Å². The molecule has 1 nitrogen and oxygen atoms in total. The van der Waals surface area contributed by atoms with Crippen LogP contribution < -0.4 is 5.32 Å². The highest BCUT2D eigenvalue weighted by Crippen LogP contribution is 2.37. The summed E-state index contributed by atoms with van der Waals surface area (Å²) in [5, 5.41) is 5.94. The lowest BCUT2D eigenvalue weighted by Gasteiger charge is -2.38. The van der Waals surface area contributed by atoms with Crippen molar-refractivity contribution in [2.45, 2.75) is 51.1 Å². The van der Waals surface area contributed by atoms with E-state index in [1.807, 2.05) is 11.3 Å². The van der Waals surface area contributed by atoms with Crippen molar-refractivity contribution in [3.63, 3.8) is 0 Å². The van der Waals surface area contributed by atoms with Gasteiger partial charge >= 0.3 is 0 Å². The third kappa shape index (κ3) is 3.31. The number of hydrogen-bond acceptors (Lipinski definition) is 2. The number of hydrogen-bond donors (Lipinski definition) is 1. The molecule has 0 spiro atoms. The first-order valence-corrected chi connectivity index (χ1v) is 8.43. The Morgan fingerprint density at radius 1 is 1.20 bits per heavy atom. The van der Waals surface area contributed by atoms with Crippen LogP contribution in [0.4, 0.5) is 0 Å². The van der Waals surface area contributed by atoms with E-state index in [4.69, 9.17) is 0 Å². The molecule has 20 heavy (non-hydrogen) atoms. The van der Waals surface area contributed by atoms with Crippen molar-refractivity contribution >= 4 is 11.3 Å². The second kappa shape index (κ2) is 6.11. The third-order valence-electron chi connectivity index (χ3n) is 4.29. The Kier molecular flexibility index (Phi) is 4.23. The minimum absolute atomic E-state index is 0.581. The van der Waals surface area contributed by atoms with Gasteiger partial charge in [-0.1, -0.05) is 35.9 Å². The molecule has 1 saturated carbocycles. The Hall–Kier alpha value is -1.12. The number of benzene rings is 1. The summed E-state index contributed by atoms with van der Waals surface area (Å²) in [6.07, 6.45) is 3.74. The molecule has 1 aromatic carbocycles. The third-order valence-corrected chi connectivity index (χ3v) is 5.19. The van der Waals surface area contributed by atoms with Gasteiger partial charge in [0, 0.05) is 17.0 Å². The van der Waals surface area contributed by atoms with Crippen LogP contribution in [0.25, 0.3) is 0 Å². The van der Waals surface area contributed by atoms with E-state index in [1.165, 1.54) is 28.8 Å². The molecule has 1 aromatic heterocycles. The summed E-state index contributed by atoms with van der Waals surface area (Å²) in [4.78, 5) is 1.49. The van der Waals surface area contributed by atoms with Gasteiger partial charge in [0.1, 0.15) is 0 Å². The van der Waals surface area contributed by atoms with Crippen LogP contribution in [-0.2, 0) is 6.42 Å². The van der Waals surface area contributed by atoms with E-state index < -0.39 is 0 Å². The van der Waals surface area contributed by atoms with E-state index in [0.717, 1.165) is 12.3 Å². The number of rotatable bonds is 5. The van der Waals surface area contributed by atoms with Crippen molar-refractivity contribution in [2.24, 2.45) is 0 Å². The number of aryl methyl sites for hydroxylation is 1. The zero-order valence-corrected chi connectivity index (χ0v) is 13.1. The van der Waals surface area contributed by atoms with Crippen molar-refractivity contribution in [3.05, 3.63) is 57.8 Å². The molecule has 1 N–H and O–H groups in total. The van der Waals surface area contributed by atoms with Crippen LogP contribution in [-0.4, -0.2) is 12.1 Å². The highest BCUT2D eigenvalue weighted by Gasteiger charge is 2.30. The lowest BCUT2D eigenvalue weighted by Crippen LogP contribution is -2.45. The molecule has 0 amide bonds. The summed E-state index contributed by atoms with van der Waals surface area (Å²) < 4.78 is 0. The van der Waals surface area contributed by atoms with Gasteiger partial charge in [0.05, 0.1) is 0 Å². The van der Waals surface area contributed by atoms with Crippen LogP contribution in [0.15, 0.2) is 41.8 Å². The van der Waals surface area contributed by atoms with Crippen LogP contribution in [0.2, 0.25) is 0 Å². The van der Waals surface area contributed by atoms with Gasteiger partial charge in [-0.25, -0.2) is 0 Å². The monoisotopic (exact) mass is 285 g/mol. The predicted octanol–water partition coefficient (Wildman–Crippen LogP) is 4.52. The highest BCUT2D eigenvalue weighted by atomic mass is 32.1. The quantitative estimate of drug-likeness (QED) is 0.851.